The first-order chi connectivity index (χ1) is 17.1. The molecule has 1 saturated carbocycles. The van der Waals surface area contributed by atoms with E-state index in [2.05, 4.69) is 10.2 Å². The van der Waals surface area contributed by atoms with Crippen LogP contribution in [0.25, 0.3) is 0 Å². The number of hydrogen-bond donors (Lipinski definition) is 2. The Kier molecular flexibility index (Phi) is 7.59. The Morgan fingerprint density at radius 2 is 1.81 bits per heavy atom. The van der Waals surface area contributed by atoms with Crippen molar-refractivity contribution in [1.82, 2.24) is 10.2 Å². The topological polar surface area (TPSA) is 78.9 Å². The molecule has 0 spiro atoms. The van der Waals surface area contributed by atoms with Crippen LogP contribution < -0.4 is 10.1 Å². The van der Waals surface area contributed by atoms with E-state index >= 15 is 0 Å². The lowest BCUT2D eigenvalue weighted by Gasteiger charge is -2.43. The zero-order chi connectivity index (χ0) is 25.9. The third kappa shape index (κ3) is 5.67. The van der Waals surface area contributed by atoms with Crippen molar-refractivity contribution in [3.63, 3.8) is 0 Å². The van der Waals surface area contributed by atoms with Gasteiger partial charge in [0.2, 0.25) is 5.91 Å². The number of likely N-dealkylation sites (tertiary alicyclic amines) is 1. The van der Waals surface area contributed by atoms with E-state index in [1.807, 2.05) is 6.92 Å². The third-order valence-electron chi connectivity index (χ3n) is 7.32. The van der Waals surface area contributed by atoms with E-state index in [1.54, 1.807) is 12.1 Å². The molecule has 0 aromatic heterocycles. The Morgan fingerprint density at radius 1 is 1.11 bits per heavy atom. The van der Waals surface area contributed by atoms with E-state index < -0.39 is 23.2 Å². The molecule has 0 bridgehead atoms. The Bertz CT molecular complexity index is 1080. The molecular formula is C27H31F3N2O4. The first-order valence-electron chi connectivity index (χ1n) is 12.3. The van der Waals surface area contributed by atoms with E-state index in [-0.39, 0.29) is 29.4 Å². The minimum absolute atomic E-state index is 0.0725. The molecule has 1 heterocycles. The summed E-state index contributed by atoms with van der Waals surface area (Å²) in [5.74, 6) is -0.899. The van der Waals surface area contributed by atoms with Crippen molar-refractivity contribution in [3.05, 3.63) is 65.2 Å². The second kappa shape index (κ2) is 10.5. The normalized spacial score (nSPS) is 21.1. The van der Waals surface area contributed by atoms with Gasteiger partial charge in [0, 0.05) is 13.1 Å². The summed E-state index contributed by atoms with van der Waals surface area (Å²) in [4.78, 5) is 26.9. The van der Waals surface area contributed by atoms with Crippen molar-refractivity contribution in [2.45, 2.75) is 69.3 Å². The number of nitrogens with one attached hydrogen (secondary N) is 1. The molecule has 2 atom stereocenters. The van der Waals surface area contributed by atoms with Crippen LogP contribution >= 0.6 is 0 Å². The highest BCUT2D eigenvalue weighted by atomic mass is 19.4. The predicted molar refractivity (Wildman–Crippen MR) is 128 cm³/mol. The molecule has 1 saturated heterocycles. The van der Waals surface area contributed by atoms with Gasteiger partial charge in [0.25, 0.3) is 0 Å². The molecule has 36 heavy (non-hydrogen) atoms. The monoisotopic (exact) mass is 504 g/mol. The number of carbonyl (C=O) groups excluding carboxylic acids is 1. The Morgan fingerprint density at radius 3 is 2.44 bits per heavy atom. The van der Waals surface area contributed by atoms with E-state index in [9.17, 15) is 22.8 Å². The van der Waals surface area contributed by atoms with Crippen molar-refractivity contribution in [1.29, 1.82) is 0 Å². The molecule has 2 N–H and O–H groups in total. The number of benzene rings is 2. The molecule has 2 fully saturated rings. The van der Waals surface area contributed by atoms with Gasteiger partial charge < -0.3 is 15.2 Å². The average Bonchev–Trinajstić information content (AvgIpc) is 3.33. The summed E-state index contributed by atoms with van der Waals surface area (Å²) in [6.45, 7) is 2.96. The first kappa shape index (κ1) is 26.0. The van der Waals surface area contributed by atoms with Crippen LogP contribution in [0.3, 0.4) is 0 Å². The van der Waals surface area contributed by atoms with Gasteiger partial charge in [-0.15, -0.1) is 0 Å². The van der Waals surface area contributed by atoms with Crippen LogP contribution in [0.2, 0.25) is 0 Å². The summed E-state index contributed by atoms with van der Waals surface area (Å²) in [5.41, 5.74) is -0.445. The van der Waals surface area contributed by atoms with Crippen molar-refractivity contribution in [3.8, 4) is 5.75 Å². The number of ether oxygens (including phenoxy) is 1. The van der Waals surface area contributed by atoms with Crippen LogP contribution in [0.4, 0.5) is 13.2 Å². The number of alkyl halides is 3. The molecule has 4 rings (SSSR count). The number of rotatable bonds is 7. The molecule has 2 aromatic carbocycles. The fraction of sp³-hybridized carbons (Fsp3) is 0.481. The maximum atomic E-state index is 13.7. The second-order valence-corrected chi connectivity index (χ2v) is 9.71. The van der Waals surface area contributed by atoms with Crippen molar-refractivity contribution in [2.75, 3.05) is 13.1 Å². The Labute approximate surface area is 208 Å². The minimum Gasteiger partial charge on any atom is -0.489 e. The molecule has 0 radical (unpaired) electrons. The molecule has 2 aliphatic rings. The summed E-state index contributed by atoms with van der Waals surface area (Å²) >= 11 is 0. The van der Waals surface area contributed by atoms with Crippen molar-refractivity contribution < 1.29 is 32.6 Å². The summed E-state index contributed by atoms with van der Waals surface area (Å²) in [7, 11) is 0. The fourth-order valence-corrected chi connectivity index (χ4v) is 5.30. The number of amides is 1. The highest BCUT2D eigenvalue weighted by molar-refractivity contribution is 5.88. The van der Waals surface area contributed by atoms with Gasteiger partial charge >= 0.3 is 12.1 Å². The summed E-state index contributed by atoms with van der Waals surface area (Å²) in [6, 6.07) is 11.0. The number of carboxylic acids is 1. The van der Waals surface area contributed by atoms with Crippen LogP contribution in [0.5, 0.6) is 5.75 Å². The molecule has 9 heteroatoms. The Balaban J connectivity index is 1.45. The van der Waals surface area contributed by atoms with Crippen LogP contribution in [0, 0.1) is 0 Å². The molecule has 194 valence electrons. The predicted octanol–water partition coefficient (Wildman–Crippen LogP) is 5.44. The van der Waals surface area contributed by atoms with Crippen LogP contribution in [-0.2, 0) is 11.0 Å². The maximum Gasteiger partial charge on any atom is 0.416 e. The highest BCUT2D eigenvalue weighted by Crippen LogP contribution is 2.38. The smallest absolute Gasteiger partial charge is 0.416 e. The molecule has 2 aromatic rings. The van der Waals surface area contributed by atoms with Gasteiger partial charge in [-0.25, -0.2) is 4.79 Å². The van der Waals surface area contributed by atoms with E-state index in [0.717, 1.165) is 37.0 Å². The molecule has 1 aliphatic carbocycles. The van der Waals surface area contributed by atoms with E-state index in [0.29, 0.717) is 32.4 Å². The van der Waals surface area contributed by atoms with Gasteiger partial charge in [-0.2, -0.15) is 13.2 Å². The molecule has 1 amide bonds. The Hall–Kier alpha value is -3.07. The van der Waals surface area contributed by atoms with Gasteiger partial charge in [0.05, 0.1) is 17.2 Å². The lowest BCUT2D eigenvalue weighted by molar-refractivity contribution is -0.138. The van der Waals surface area contributed by atoms with Gasteiger partial charge in [0.15, 0.2) is 0 Å². The number of hydrogen-bond acceptors (Lipinski definition) is 4. The molecule has 1 unspecified atom stereocenters. The van der Waals surface area contributed by atoms with Gasteiger partial charge in [-0.1, -0.05) is 37.5 Å². The first-order valence-corrected chi connectivity index (χ1v) is 12.3. The van der Waals surface area contributed by atoms with Crippen LogP contribution in [0.15, 0.2) is 48.5 Å². The minimum atomic E-state index is -4.43. The number of aromatic carboxylic acids is 1. The van der Waals surface area contributed by atoms with Crippen molar-refractivity contribution >= 4 is 11.9 Å². The molecular weight excluding hydrogens is 473 g/mol. The molecule has 6 nitrogen and oxygen atoms in total. The molecule has 1 aliphatic heterocycles. The zero-order valence-electron chi connectivity index (χ0n) is 20.2. The van der Waals surface area contributed by atoms with E-state index in [4.69, 9.17) is 9.84 Å². The summed E-state index contributed by atoms with van der Waals surface area (Å²) in [5, 5.41) is 12.2. The largest absolute Gasteiger partial charge is 0.489 e. The van der Waals surface area contributed by atoms with E-state index in [1.165, 1.54) is 24.3 Å². The van der Waals surface area contributed by atoms with Crippen LogP contribution in [0.1, 0.15) is 73.0 Å². The summed E-state index contributed by atoms with van der Waals surface area (Å²) in [6.07, 6.45) is 0.197. The highest BCUT2D eigenvalue weighted by Gasteiger charge is 2.47. The number of carboxylic acid groups (broad SMARTS) is 1. The van der Waals surface area contributed by atoms with Gasteiger partial charge in [-0.3, -0.25) is 9.69 Å². The summed E-state index contributed by atoms with van der Waals surface area (Å²) < 4.78 is 45.1. The van der Waals surface area contributed by atoms with Gasteiger partial charge in [0.1, 0.15) is 17.4 Å². The zero-order valence-corrected chi connectivity index (χ0v) is 20.2. The number of nitrogens with zero attached hydrogens (tertiary/aromatic N) is 1. The van der Waals surface area contributed by atoms with Gasteiger partial charge in [-0.05, 0) is 62.1 Å². The fourth-order valence-electron chi connectivity index (χ4n) is 5.30. The number of halogens is 3. The standard InChI is InChI=1S/C27H31F3N2O4/c1-18(19-8-10-20(11-9-19)24(33)34)31-25(35)26(13-3-2-4-14-26)32-15-12-23(17-32)36-22-7-5-6-21(16-22)27(28,29)30/h5-11,16,18,23H,2-4,12-15,17H2,1H3,(H,31,35)(H,33,34)/t18?,23-/m1/s1. The quantitative estimate of drug-likeness (QED) is 0.525. The maximum absolute atomic E-state index is 13.7. The van der Waals surface area contributed by atoms with Crippen LogP contribution in [-0.4, -0.2) is 46.6 Å². The van der Waals surface area contributed by atoms with Crippen molar-refractivity contribution in [2.24, 2.45) is 0 Å². The average molecular weight is 505 g/mol. The lowest BCUT2D eigenvalue weighted by atomic mass is 9.79. The second-order valence-electron chi connectivity index (χ2n) is 9.71. The lowest BCUT2D eigenvalue weighted by Crippen LogP contribution is -2.59. The third-order valence-corrected chi connectivity index (χ3v) is 7.32. The number of carbonyl (C=O) groups is 2. The SMILES string of the molecule is CC(NC(=O)C1(N2CC[C@@H](Oc3cccc(C(F)(F)F)c3)C2)CCCCC1)c1ccc(C(=O)O)cc1.